The molecule has 5 nitrogen and oxygen atoms in total. The van der Waals surface area contributed by atoms with Gasteiger partial charge in [-0.3, -0.25) is 9.59 Å². The minimum absolute atomic E-state index is 0.0948. The third-order valence-electron chi connectivity index (χ3n) is 3.96. The molecule has 0 bridgehead atoms. The largest absolute Gasteiger partial charge is 0.469 e. The minimum atomic E-state index is -0.259. The van der Waals surface area contributed by atoms with Crippen molar-refractivity contribution in [2.45, 2.75) is 13.8 Å². The normalized spacial score (nSPS) is 21.9. The Morgan fingerprint density at radius 1 is 1.35 bits per heavy atom. The number of hydrogen-bond acceptors (Lipinski definition) is 4. The van der Waals surface area contributed by atoms with Crippen LogP contribution in [-0.2, 0) is 9.53 Å². The van der Waals surface area contributed by atoms with Crippen LogP contribution in [0.2, 0.25) is 0 Å². The Hall–Kier alpha value is -2.04. The third kappa shape index (κ3) is 2.48. The van der Waals surface area contributed by atoms with Crippen LogP contribution >= 0.6 is 0 Å². The zero-order chi connectivity index (χ0) is 14.9. The lowest BCUT2D eigenvalue weighted by molar-refractivity contribution is -0.146. The van der Waals surface area contributed by atoms with Gasteiger partial charge in [-0.1, -0.05) is 19.1 Å². The number of amides is 1. The molecule has 1 aromatic rings. The summed E-state index contributed by atoms with van der Waals surface area (Å²) in [5.74, 6) is -0.540. The molecule has 1 heterocycles. The molecule has 1 aliphatic heterocycles. The van der Waals surface area contributed by atoms with Crippen LogP contribution in [0.5, 0.6) is 0 Å². The van der Waals surface area contributed by atoms with Crippen molar-refractivity contribution < 1.29 is 14.3 Å². The molecule has 1 saturated heterocycles. The predicted molar refractivity (Wildman–Crippen MR) is 76.2 cm³/mol. The number of para-hydroxylation sites is 1. The summed E-state index contributed by atoms with van der Waals surface area (Å²) in [4.78, 5) is 25.9. The molecule has 2 N–H and O–H groups in total. The molecule has 1 aromatic carbocycles. The van der Waals surface area contributed by atoms with Crippen molar-refractivity contribution in [3.63, 3.8) is 0 Å². The van der Waals surface area contributed by atoms with Crippen molar-refractivity contribution in [1.82, 2.24) is 4.90 Å². The molecule has 2 rings (SSSR count). The number of ether oxygens (including phenoxy) is 1. The van der Waals surface area contributed by atoms with Gasteiger partial charge in [-0.2, -0.15) is 0 Å². The van der Waals surface area contributed by atoms with E-state index in [4.69, 9.17) is 10.5 Å². The molecule has 20 heavy (non-hydrogen) atoms. The summed E-state index contributed by atoms with van der Waals surface area (Å²) < 4.78 is 4.78. The zero-order valence-corrected chi connectivity index (χ0v) is 12.1. The number of nitrogen functional groups attached to an aromatic ring is 1. The van der Waals surface area contributed by atoms with E-state index in [1.54, 1.807) is 11.0 Å². The van der Waals surface area contributed by atoms with Crippen LogP contribution < -0.4 is 5.73 Å². The van der Waals surface area contributed by atoms with Crippen LogP contribution in [0.3, 0.4) is 0 Å². The highest BCUT2D eigenvalue weighted by Crippen LogP contribution is 2.27. The molecular formula is C15H20N2O3. The zero-order valence-electron chi connectivity index (χ0n) is 12.1. The third-order valence-corrected chi connectivity index (χ3v) is 3.96. The molecule has 0 aliphatic carbocycles. The average molecular weight is 276 g/mol. The van der Waals surface area contributed by atoms with Crippen LogP contribution in [0.15, 0.2) is 18.2 Å². The second kappa shape index (κ2) is 5.53. The molecule has 0 saturated carbocycles. The first-order valence-corrected chi connectivity index (χ1v) is 6.68. The Morgan fingerprint density at radius 2 is 2.05 bits per heavy atom. The molecule has 1 amide bonds. The Kier molecular flexibility index (Phi) is 3.97. The van der Waals surface area contributed by atoms with Crippen molar-refractivity contribution >= 4 is 17.6 Å². The van der Waals surface area contributed by atoms with Crippen LogP contribution in [0.25, 0.3) is 0 Å². The second-order valence-electron chi connectivity index (χ2n) is 5.35. The fourth-order valence-corrected chi connectivity index (χ4v) is 2.63. The second-order valence-corrected chi connectivity index (χ2v) is 5.35. The summed E-state index contributed by atoms with van der Waals surface area (Å²) in [5.41, 5.74) is 7.86. The molecular weight excluding hydrogens is 256 g/mol. The van der Waals surface area contributed by atoms with Crippen LogP contribution in [-0.4, -0.2) is 37.0 Å². The van der Waals surface area contributed by atoms with Gasteiger partial charge in [0.2, 0.25) is 0 Å². The van der Waals surface area contributed by atoms with E-state index >= 15 is 0 Å². The van der Waals surface area contributed by atoms with Gasteiger partial charge in [0, 0.05) is 18.8 Å². The van der Waals surface area contributed by atoms with Crippen LogP contribution in [0.4, 0.5) is 5.69 Å². The van der Waals surface area contributed by atoms with Gasteiger partial charge < -0.3 is 15.4 Å². The molecule has 0 aromatic heterocycles. The van der Waals surface area contributed by atoms with E-state index in [2.05, 4.69) is 0 Å². The number of esters is 1. The summed E-state index contributed by atoms with van der Waals surface area (Å²) >= 11 is 0. The topological polar surface area (TPSA) is 72.6 Å². The maximum atomic E-state index is 12.5. The Balaban J connectivity index is 2.19. The first-order valence-electron chi connectivity index (χ1n) is 6.68. The lowest BCUT2D eigenvalue weighted by Crippen LogP contribution is -2.30. The summed E-state index contributed by atoms with van der Waals surface area (Å²) in [5, 5.41) is 0. The fourth-order valence-electron chi connectivity index (χ4n) is 2.63. The number of carbonyl (C=O) groups excluding carboxylic acids is 2. The van der Waals surface area contributed by atoms with Gasteiger partial charge in [0.15, 0.2) is 0 Å². The smallest absolute Gasteiger partial charge is 0.310 e. The van der Waals surface area contributed by atoms with Crippen LogP contribution in [0, 0.1) is 18.8 Å². The molecule has 0 spiro atoms. The lowest BCUT2D eigenvalue weighted by Gasteiger charge is -2.18. The SMILES string of the molecule is COC(=O)C1CN(C(=O)c2cccc(C)c2N)CC1C. The maximum absolute atomic E-state index is 12.5. The van der Waals surface area contributed by atoms with Crippen molar-refractivity contribution in [1.29, 1.82) is 0 Å². The fraction of sp³-hybridized carbons (Fsp3) is 0.467. The van der Waals surface area contributed by atoms with Crippen molar-refractivity contribution in [2.75, 3.05) is 25.9 Å². The molecule has 1 aliphatic rings. The first kappa shape index (κ1) is 14.4. The molecule has 1 fully saturated rings. The van der Waals surface area contributed by atoms with E-state index in [-0.39, 0.29) is 23.7 Å². The van der Waals surface area contributed by atoms with E-state index in [1.165, 1.54) is 7.11 Å². The molecule has 2 unspecified atom stereocenters. The van der Waals surface area contributed by atoms with E-state index in [1.807, 2.05) is 26.0 Å². The van der Waals surface area contributed by atoms with Crippen molar-refractivity contribution in [3.8, 4) is 0 Å². The van der Waals surface area contributed by atoms with E-state index in [0.717, 1.165) is 5.56 Å². The number of benzene rings is 1. The molecule has 108 valence electrons. The number of nitrogens with two attached hydrogens (primary N) is 1. The highest BCUT2D eigenvalue weighted by atomic mass is 16.5. The monoisotopic (exact) mass is 276 g/mol. The molecule has 5 heteroatoms. The van der Waals surface area contributed by atoms with E-state index in [9.17, 15) is 9.59 Å². The Labute approximate surface area is 118 Å². The van der Waals surface area contributed by atoms with E-state index in [0.29, 0.717) is 24.3 Å². The summed E-state index contributed by atoms with van der Waals surface area (Å²) in [6.45, 7) is 4.76. The number of methoxy groups -OCH3 is 1. The number of carbonyl (C=O) groups is 2. The van der Waals surface area contributed by atoms with Gasteiger partial charge >= 0.3 is 5.97 Å². The maximum Gasteiger partial charge on any atom is 0.310 e. The standard InChI is InChI=1S/C15H20N2O3/c1-9-5-4-6-11(13(9)16)14(18)17-7-10(2)12(8-17)15(19)20-3/h4-6,10,12H,7-8,16H2,1-3H3. The van der Waals surface area contributed by atoms with Crippen molar-refractivity contribution in [2.24, 2.45) is 11.8 Å². The van der Waals surface area contributed by atoms with Gasteiger partial charge in [-0.15, -0.1) is 0 Å². The van der Waals surface area contributed by atoms with Crippen LogP contribution in [0.1, 0.15) is 22.8 Å². The van der Waals surface area contributed by atoms with Gasteiger partial charge in [0.05, 0.1) is 18.6 Å². The molecule has 0 radical (unpaired) electrons. The Morgan fingerprint density at radius 3 is 2.70 bits per heavy atom. The highest BCUT2D eigenvalue weighted by Gasteiger charge is 2.38. The predicted octanol–water partition coefficient (Wildman–Crippen LogP) is 1.46. The first-order chi connectivity index (χ1) is 9.45. The van der Waals surface area contributed by atoms with Gasteiger partial charge in [-0.25, -0.2) is 0 Å². The van der Waals surface area contributed by atoms with E-state index < -0.39 is 0 Å². The number of nitrogens with zero attached hydrogens (tertiary/aromatic N) is 1. The number of likely N-dealkylation sites (tertiary alicyclic amines) is 1. The Bertz CT molecular complexity index is 542. The van der Waals surface area contributed by atoms with Gasteiger partial charge in [0.25, 0.3) is 5.91 Å². The number of aryl methyl sites for hydroxylation is 1. The number of rotatable bonds is 2. The van der Waals surface area contributed by atoms with Crippen molar-refractivity contribution in [3.05, 3.63) is 29.3 Å². The summed E-state index contributed by atoms with van der Waals surface area (Å²) in [6, 6.07) is 5.41. The van der Waals surface area contributed by atoms with Gasteiger partial charge in [0.1, 0.15) is 0 Å². The highest BCUT2D eigenvalue weighted by molar-refractivity contribution is 6.00. The van der Waals surface area contributed by atoms with Gasteiger partial charge in [-0.05, 0) is 24.5 Å². The quantitative estimate of drug-likeness (QED) is 0.655. The number of hydrogen-bond donors (Lipinski definition) is 1. The minimum Gasteiger partial charge on any atom is -0.469 e. The molecule has 2 atom stereocenters. The number of anilines is 1. The average Bonchev–Trinajstić information content (AvgIpc) is 2.82. The lowest BCUT2D eigenvalue weighted by atomic mass is 9.99. The summed E-state index contributed by atoms with van der Waals surface area (Å²) in [7, 11) is 1.37. The summed E-state index contributed by atoms with van der Waals surface area (Å²) in [6.07, 6.45) is 0.